The molecule has 0 aliphatic carbocycles. The summed E-state index contributed by atoms with van der Waals surface area (Å²) in [6, 6.07) is 16.9. The van der Waals surface area contributed by atoms with Gasteiger partial charge in [-0.25, -0.2) is 4.79 Å². The second-order valence-corrected chi connectivity index (χ2v) is 9.08. The van der Waals surface area contributed by atoms with Gasteiger partial charge in [0.25, 0.3) is 0 Å². The molecule has 0 saturated carbocycles. The number of amides is 1. The molecule has 2 unspecified atom stereocenters. The van der Waals surface area contributed by atoms with Gasteiger partial charge in [-0.2, -0.15) is 0 Å². The summed E-state index contributed by atoms with van der Waals surface area (Å²) in [6.07, 6.45) is 5.12. The van der Waals surface area contributed by atoms with Crippen LogP contribution >= 0.6 is 11.8 Å². The number of ether oxygens (including phenoxy) is 2. The Kier molecular flexibility index (Phi) is 9.47. The lowest BCUT2D eigenvalue weighted by molar-refractivity contribution is -0.154. The Labute approximate surface area is 195 Å². The van der Waals surface area contributed by atoms with Gasteiger partial charge in [-0.15, -0.1) is 11.8 Å². The van der Waals surface area contributed by atoms with Crippen molar-refractivity contribution in [2.75, 3.05) is 12.4 Å². The standard InChI is InChI=1S/C26H33NO4S/c1-3-5-8-16-24(28)27-23(26(29)30-17-6-4-2)19-32-25(27)20-12-11-15-22(18-20)31-21-13-9-7-10-14-21/h7,9-15,18,23,25H,3-6,8,16-17,19H2,1-2H3. The zero-order chi connectivity index (χ0) is 22.8. The second-order valence-electron chi connectivity index (χ2n) is 7.97. The van der Waals surface area contributed by atoms with E-state index in [-0.39, 0.29) is 17.3 Å². The molecule has 2 atom stereocenters. The van der Waals surface area contributed by atoms with Gasteiger partial charge in [-0.05, 0) is 42.7 Å². The fraction of sp³-hybridized carbons (Fsp3) is 0.462. The predicted molar refractivity (Wildman–Crippen MR) is 129 cm³/mol. The van der Waals surface area contributed by atoms with Crippen molar-refractivity contribution in [3.63, 3.8) is 0 Å². The Bertz CT molecular complexity index is 873. The molecule has 0 N–H and O–H groups in total. The summed E-state index contributed by atoms with van der Waals surface area (Å²) in [6.45, 7) is 4.58. The number of para-hydroxylation sites is 1. The van der Waals surface area contributed by atoms with E-state index in [1.807, 2.05) is 54.6 Å². The average Bonchev–Trinajstić information content (AvgIpc) is 3.26. The van der Waals surface area contributed by atoms with E-state index in [1.54, 1.807) is 16.7 Å². The molecule has 172 valence electrons. The van der Waals surface area contributed by atoms with Crippen LogP contribution in [0.5, 0.6) is 11.5 Å². The SMILES string of the molecule is CCCCCC(=O)N1C(C(=O)OCCCC)CSC1c1cccc(Oc2ccccc2)c1. The summed E-state index contributed by atoms with van der Waals surface area (Å²) in [5.74, 6) is 1.73. The van der Waals surface area contributed by atoms with Gasteiger partial charge in [0.2, 0.25) is 5.91 Å². The largest absolute Gasteiger partial charge is 0.464 e. The molecule has 6 heteroatoms. The number of benzene rings is 2. The summed E-state index contributed by atoms with van der Waals surface area (Å²) in [5, 5.41) is -0.229. The first-order valence-corrected chi connectivity index (χ1v) is 12.6. The molecule has 5 nitrogen and oxygen atoms in total. The van der Waals surface area contributed by atoms with Gasteiger partial charge in [0.05, 0.1) is 6.61 Å². The Balaban J connectivity index is 1.79. The molecule has 0 spiro atoms. The highest BCUT2D eigenvalue weighted by Crippen LogP contribution is 2.43. The molecule has 0 radical (unpaired) electrons. The number of carbonyl (C=O) groups is 2. The smallest absolute Gasteiger partial charge is 0.329 e. The van der Waals surface area contributed by atoms with E-state index in [0.717, 1.165) is 43.4 Å². The first kappa shape index (κ1) is 24.2. The van der Waals surface area contributed by atoms with Crippen molar-refractivity contribution < 1.29 is 19.1 Å². The van der Waals surface area contributed by atoms with Gasteiger partial charge in [-0.1, -0.05) is 63.4 Å². The number of thioether (sulfide) groups is 1. The van der Waals surface area contributed by atoms with Gasteiger partial charge in [0.1, 0.15) is 22.9 Å². The fourth-order valence-corrected chi connectivity index (χ4v) is 5.10. The highest BCUT2D eigenvalue weighted by molar-refractivity contribution is 7.99. The van der Waals surface area contributed by atoms with E-state index >= 15 is 0 Å². The van der Waals surface area contributed by atoms with E-state index in [2.05, 4.69) is 13.8 Å². The summed E-state index contributed by atoms with van der Waals surface area (Å²) in [7, 11) is 0. The molecule has 3 rings (SSSR count). The number of unbranched alkanes of at least 4 members (excludes halogenated alkanes) is 3. The second kappa shape index (κ2) is 12.5. The summed E-state index contributed by atoms with van der Waals surface area (Å²) < 4.78 is 11.5. The van der Waals surface area contributed by atoms with Crippen LogP contribution in [0, 0.1) is 0 Å². The van der Waals surface area contributed by atoms with Crippen LogP contribution in [0.25, 0.3) is 0 Å². The number of hydrogen-bond donors (Lipinski definition) is 0. The van der Waals surface area contributed by atoms with Gasteiger partial charge in [-0.3, -0.25) is 4.79 Å². The maximum absolute atomic E-state index is 13.2. The zero-order valence-electron chi connectivity index (χ0n) is 19.0. The first-order chi connectivity index (χ1) is 15.6. The van der Waals surface area contributed by atoms with Crippen LogP contribution in [-0.4, -0.2) is 35.2 Å². The number of esters is 1. The summed E-state index contributed by atoms with van der Waals surface area (Å²) >= 11 is 1.61. The highest BCUT2D eigenvalue weighted by atomic mass is 32.2. The maximum atomic E-state index is 13.2. The van der Waals surface area contributed by atoms with E-state index in [0.29, 0.717) is 24.5 Å². The van der Waals surface area contributed by atoms with Crippen LogP contribution in [0.1, 0.15) is 63.3 Å². The van der Waals surface area contributed by atoms with Crippen molar-refractivity contribution in [2.24, 2.45) is 0 Å². The van der Waals surface area contributed by atoms with Crippen molar-refractivity contribution in [1.29, 1.82) is 0 Å². The predicted octanol–water partition coefficient (Wildman–Crippen LogP) is 6.35. The minimum absolute atomic E-state index is 0.0141. The van der Waals surface area contributed by atoms with E-state index in [1.165, 1.54) is 0 Å². The Morgan fingerprint density at radius 2 is 1.72 bits per heavy atom. The minimum atomic E-state index is -0.547. The topological polar surface area (TPSA) is 55.8 Å². The van der Waals surface area contributed by atoms with Crippen molar-refractivity contribution >= 4 is 23.6 Å². The van der Waals surface area contributed by atoms with E-state index < -0.39 is 6.04 Å². The lowest BCUT2D eigenvalue weighted by atomic mass is 10.1. The lowest BCUT2D eigenvalue weighted by Crippen LogP contribution is -2.43. The van der Waals surface area contributed by atoms with Crippen molar-refractivity contribution in [3.05, 3.63) is 60.2 Å². The van der Waals surface area contributed by atoms with Crippen LogP contribution in [0.3, 0.4) is 0 Å². The summed E-state index contributed by atoms with van der Waals surface area (Å²) in [4.78, 5) is 27.7. The Morgan fingerprint density at radius 3 is 2.47 bits per heavy atom. The zero-order valence-corrected chi connectivity index (χ0v) is 19.8. The molecule has 1 heterocycles. The van der Waals surface area contributed by atoms with E-state index in [9.17, 15) is 9.59 Å². The van der Waals surface area contributed by atoms with Crippen LogP contribution < -0.4 is 4.74 Å². The monoisotopic (exact) mass is 455 g/mol. The quantitative estimate of drug-likeness (QED) is 0.292. The van der Waals surface area contributed by atoms with Gasteiger partial charge in [0.15, 0.2) is 0 Å². The van der Waals surface area contributed by atoms with Crippen molar-refractivity contribution in [1.82, 2.24) is 4.90 Å². The Morgan fingerprint density at radius 1 is 0.969 bits per heavy atom. The maximum Gasteiger partial charge on any atom is 0.329 e. The van der Waals surface area contributed by atoms with Gasteiger partial charge < -0.3 is 14.4 Å². The molecule has 2 aromatic carbocycles. The van der Waals surface area contributed by atoms with Crippen molar-refractivity contribution in [2.45, 2.75) is 63.8 Å². The number of rotatable bonds is 11. The third-order valence-corrected chi connectivity index (χ3v) is 6.74. The average molecular weight is 456 g/mol. The summed E-state index contributed by atoms with van der Waals surface area (Å²) in [5.41, 5.74) is 0.955. The van der Waals surface area contributed by atoms with Crippen LogP contribution in [-0.2, 0) is 14.3 Å². The van der Waals surface area contributed by atoms with E-state index in [4.69, 9.17) is 9.47 Å². The lowest BCUT2D eigenvalue weighted by Gasteiger charge is -2.29. The molecule has 0 aromatic heterocycles. The van der Waals surface area contributed by atoms with Gasteiger partial charge in [0, 0.05) is 12.2 Å². The number of nitrogens with zero attached hydrogens (tertiary/aromatic N) is 1. The van der Waals surface area contributed by atoms with Crippen molar-refractivity contribution in [3.8, 4) is 11.5 Å². The third kappa shape index (κ3) is 6.52. The normalized spacial score (nSPS) is 17.9. The molecule has 1 amide bonds. The number of carbonyl (C=O) groups excluding carboxylic acids is 2. The number of hydrogen-bond acceptors (Lipinski definition) is 5. The van der Waals surface area contributed by atoms with Crippen LogP contribution in [0.15, 0.2) is 54.6 Å². The molecule has 0 bridgehead atoms. The first-order valence-electron chi connectivity index (χ1n) is 11.6. The minimum Gasteiger partial charge on any atom is -0.464 e. The molecule has 1 aliphatic heterocycles. The molecular weight excluding hydrogens is 422 g/mol. The molecule has 32 heavy (non-hydrogen) atoms. The Hall–Kier alpha value is -2.47. The molecule has 1 aliphatic rings. The molecule has 2 aromatic rings. The third-order valence-electron chi connectivity index (χ3n) is 5.42. The van der Waals surface area contributed by atoms with Gasteiger partial charge >= 0.3 is 5.97 Å². The van der Waals surface area contributed by atoms with Crippen LogP contribution in [0.2, 0.25) is 0 Å². The molecule has 1 saturated heterocycles. The van der Waals surface area contributed by atoms with Crippen LogP contribution in [0.4, 0.5) is 0 Å². The molecular formula is C26H33NO4S. The molecule has 1 fully saturated rings. The fourth-order valence-electron chi connectivity index (χ4n) is 3.67. The highest BCUT2D eigenvalue weighted by Gasteiger charge is 2.42.